The lowest BCUT2D eigenvalue weighted by Crippen LogP contribution is -2.22. The number of aromatic amines is 2. The summed E-state index contributed by atoms with van der Waals surface area (Å²) >= 11 is 0. The third kappa shape index (κ3) is 4.08. The van der Waals surface area contributed by atoms with Crippen LogP contribution in [0, 0.1) is 31.0 Å². The fraction of sp³-hybridized carbons (Fsp3) is 0.207. The average molecular weight is 497 g/mol. The molecule has 0 bridgehead atoms. The summed E-state index contributed by atoms with van der Waals surface area (Å²) in [6.45, 7) is 6.00. The van der Waals surface area contributed by atoms with Crippen molar-refractivity contribution in [3.05, 3.63) is 104 Å². The van der Waals surface area contributed by atoms with E-state index in [4.69, 9.17) is 0 Å². The molecule has 3 aromatic carbocycles. The van der Waals surface area contributed by atoms with Gasteiger partial charge in [-0.2, -0.15) is 5.26 Å². The Morgan fingerprint density at radius 1 is 1.11 bits per heavy atom. The molecular formula is C29H25FN4O3. The molecule has 2 aromatic heterocycles. The molecule has 3 N–H and O–H groups in total. The van der Waals surface area contributed by atoms with Gasteiger partial charge < -0.3 is 15.1 Å². The zero-order valence-electron chi connectivity index (χ0n) is 20.6. The molecule has 0 spiro atoms. The summed E-state index contributed by atoms with van der Waals surface area (Å²) in [5, 5.41) is 20.5. The van der Waals surface area contributed by atoms with Crippen molar-refractivity contribution in [2.24, 2.45) is 0 Å². The Kier molecular flexibility index (Phi) is 5.92. The Morgan fingerprint density at radius 3 is 2.51 bits per heavy atom. The van der Waals surface area contributed by atoms with Crippen molar-refractivity contribution in [1.29, 1.82) is 5.26 Å². The van der Waals surface area contributed by atoms with Gasteiger partial charge >= 0.3 is 11.7 Å². The van der Waals surface area contributed by atoms with Gasteiger partial charge in [0.25, 0.3) is 0 Å². The third-order valence-corrected chi connectivity index (χ3v) is 7.24. The lowest BCUT2D eigenvalue weighted by atomic mass is 9.86. The molecule has 0 saturated carbocycles. The smallest absolute Gasteiger partial charge is 0.327 e. The maximum Gasteiger partial charge on any atom is 0.327 e. The van der Waals surface area contributed by atoms with E-state index in [-0.39, 0.29) is 12.1 Å². The van der Waals surface area contributed by atoms with E-state index in [1.807, 2.05) is 39.1 Å². The molecule has 0 saturated heterocycles. The minimum absolute atomic E-state index is 0.291. The van der Waals surface area contributed by atoms with Crippen LogP contribution < -0.4 is 5.69 Å². The van der Waals surface area contributed by atoms with Crippen LogP contribution >= 0.6 is 0 Å². The Balaban J connectivity index is 1.80. The first-order valence-corrected chi connectivity index (χ1v) is 11.9. The van der Waals surface area contributed by atoms with E-state index in [1.54, 1.807) is 16.7 Å². The second-order valence-corrected chi connectivity index (χ2v) is 9.43. The van der Waals surface area contributed by atoms with Crippen molar-refractivity contribution < 1.29 is 14.3 Å². The highest BCUT2D eigenvalue weighted by atomic mass is 19.1. The number of aliphatic carboxylic acids is 1. The summed E-state index contributed by atoms with van der Waals surface area (Å²) in [5.74, 6) is -2.20. The number of aryl methyl sites for hydroxylation is 2. The van der Waals surface area contributed by atoms with Gasteiger partial charge in [-0.1, -0.05) is 18.2 Å². The minimum atomic E-state index is -1.05. The molecule has 5 rings (SSSR count). The molecule has 0 aliphatic rings. The Hall–Kier alpha value is -4.64. The van der Waals surface area contributed by atoms with E-state index in [9.17, 15) is 24.3 Å². The number of hydrogen-bond donors (Lipinski definition) is 3. The van der Waals surface area contributed by atoms with Gasteiger partial charge in [0, 0.05) is 28.6 Å². The average Bonchev–Trinajstić information content (AvgIpc) is 3.45. The van der Waals surface area contributed by atoms with Crippen molar-refractivity contribution in [3.8, 4) is 6.07 Å². The number of imidazole rings is 1. The third-order valence-electron chi connectivity index (χ3n) is 7.24. The standard InChI is InChI=1S/C29H25FN4O3/c1-15-4-9-24-27(16(15)2)23(14-32-24)17(3)34-28-22(10-18(13-31)11-25(28)33-29(34)37)21(12-26(35)36)19-5-7-20(30)8-6-19/h4-11,14,17,21,32H,12H2,1-3H3,(H,33,37)(H,35,36)/t17-,21?/m1/s1. The highest BCUT2D eigenvalue weighted by Crippen LogP contribution is 2.37. The zero-order chi connectivity index (χ0) is 26.4. The second-order valence-electron chi connectivity index (χ2n) is 9.43. The number of hydrogen-bond acceptors (Lipinski definition) is 3. The van der Waals surface area contributed by atoms with E-state index < -0.39 is 23.7 Å². The topological polar surface area (TPSA) is 115 Å². The lowest BCUT2D eigenvalue weighted by molar-refractivity contribution is -0.137. The van der Waals surface area contributed by atoms with Crippen LogP contribution in [0.5, 0.6) is 0 Å². The maximum absolute atomic E-state index is 13.7. The van der Waals surface area contributed by atoms with Gasteiger partial charge in [-0.05, 0) is 73.4 Å². The van der Waals surface area contributed by atoms with Crippen molar-refractivity contribution in [2.75, 3.05) is 0 Å². The van der Waals surface area contributed by atoms with Crippen LogP contribution in [0.2, 0.25) is 0 Å². The Morgan fingerprint density at radius 2 is 1.84 bits per heavy atom. The summed E-state index contributed by atoms with van der Waals surface area (Å²) < 4.78 is 15.3. The Labute approximate surface area is 211 Å². The monoisotopic (exact) mass is 496 g/mol. The molecule has 0 amide bonds. The largest absolute Gasteiger partial charge is 0.481 e. The van der Waals surface area contributed by atoms with Gasteiger partial charge in [0.1, 0.15) is 5.82 Å². The SMILES string of the molecule is Cc1ccc2[nH]cc([C@@H](C)n3c(=O)[nH]c4cc(C#N)cc(C(CC(=O)O)c5ccc(F)cc5)c43)c2c1C. The van der Waals surface area contributed by atoms with Crippen LogP contribution in [0.15, 0.2) is 59.5 Å². The number of carboxylic acids is 1. The van der Waals surface area contributed by atoms with Crippen LogP contribution in [-0.2, 0) is 4.79 Å². The Bertz CT molecular complexity index is 1770. The van der Waals surface area contributed by atoms with Crippen LogP contribution in [0.3, 0.4) is 0 Å². The summed E-state index contributed by atoms with van der Waals surface area (Å²) in [4.78, 5) is 31.5. The van der Waals surface area contributed by atoms with Crippen molar-refractivity contribution in [3.63, 3.8) is 0 Å². The molecule has 0 radical (unpaired) electrons. The molecule has 37 heavy (non-hydrogen) atoms. The van der Waals surface area contributed by atoms with Crippen LogP contribution in [0.25, 0.3) is 21.9 Å². The molecular weight excluding hydrogens is 471 g/mol. The number of carboxylic acid groups (broad SMARTS) is 1. The fourth-order valence-corrected chi connectivity index (χ4v) is 5.28. The minimum Gasteiger partial charge on any atom is -0.481 e. The number of benzene rings is 3. The summed E-state index contributed by atoms with van der Waals surface area (Å²) in [5.41, 5.74) is 6.09. The summed E-state index contributed by atoms with van der Waals surface area (Å²) in [7, 11) is 0. The molecule has 186 valence electrons. The van der Waals surface area contributed by atoms with Crippen molar-refractivity contribution in [1.82, 2.24) is 14.5 Å². The van der Waals surface area contributed by atoms with Gasteiger partial charge in [0.15, 0.2) is 0 Å². The normalized spacial score (nSPS) is 13.1. The molecule has 2 atom stereocenters. The van der Waals surface area contributed by atoms with Gasteiger partial charge in [0.05, 0.1) is 35.1 Å². The highest BCUT2D eigenvalue weighted by molar-refractivity contribution is 5.89. The van der Waals surface area contributed by atoms with E-state index in [0.717, 1.165) is 27.6 Å². The van der Waals surface area contributed by atoms with Crippen molar-refractivity contribution in [2.45, 2.75) is 39.2 Å². The molecule has 0 aliphatic carbocycles. The molecule has 2 heterocycles. The summed E-state index contributed by atoms with van der Waals surface area (Å²) in [6.07, 6.45) is 1.60. The van der Waals surface area contributed by atoms with Crippen LogP contribution in [0.1, 0.15) is 58.7 Å². The number of rotatable bonds is 6. The first-order valence-electron chi connectivity index (χ1n) is 11.9. The number of nitrogens with zero attached hydrogens (tertiary/aromatic N) is 2. The van der Waals surface area contributed by atoms with Gasteiger partial charge in [-0.25, -0.2) is 9.18 Å². The predicted molar refractivity (Wildman–Crippen MR) is 139 cm³/mol. The van der Waals surface area contributed by atoms with Gasteiger partial charge in [0.2, 0.25) is 0 Å². The van der Waals surface area contributed by atoms with Gasteiger partial charge in [-0.3, -0.25) is 9.36 Å². The molecule has 7 nitrogen and oxygen atoms in total. The van der Waals surface area contributed by atoms with E-state index in [1.165, 1.54) is 24.3 Å². The number of aromatic nitrogens is 3. The number of fused-ring (bicyclic) bond motifs is 2. The predicted octanol–water partition coefficient (Wildman–Crippen LogP) is 5.65. The van der Waals surface area contributed by atoms with E-state index in [2.05, 4.69) is 16.0 Å². The summed E-state index contributed by atoms with van der Waals surface area (Å²) in [6, 6.07) is 14.6. The molecule has 0 aliphatic heterocycles. The number of nitriles is 1. The molecule has 1 unspecified atom stereocenters. The second kappa shape index (κ2) is 9.10. The quantitative estimate of drug-likeness (QED) is 0.282. The molecule has 8 heteroatoms. The van der Waals surface area contributed by atoms with E-state index in [0.29, 0.717) is 27.7 Å². The molecule has 5 aromatic rings. The maximum atomic E-state index is 13.7. The zero-order valence-corrected chi connectivity index (χ0v) is 20.6. The van der Waals surface area contributed by atoms with Crippen molar-refractivity contribution >= 4 is 27.9 Å². The van der Waals surface area contributed by atoms with E-state index >= 15 is 0 Å². The number of H-pyrrole nitrogens is 2. The molecule has 0 fully saturated rings. The first kappa shape index (κ1) is 24.1. The number of nitrogens with one attached hydrogen (secondary N) is 2. The van der Waals surface area contributed by atoms with Crippen LogP contribution in [-0.4, -0.2) is 25.6 Å². The fourth-order valence-electron chi connectivity index (χ4n) is 5.28. The van der Waals surface area contributed by atoms with Gasteiger partial charge in [-0.15, -0.1) is 0 Å². The lowest BCUT2D eigenvalue weighted by Gasteiger charge is -2.21. The number of halogens is 1. The highest BCUT2D eigenvalue weighted by Gasteiger charge is 2.27. The number of carbonyl (C=O) groups is 1. The first-order chi connectivity index (χ1) is 17.7. The van der Waals surface area contributed by atoms with Crippen LogP contribution in [0.4, 0.5) is 4.39 Å².